The van der Waals surface area contributed by atoms with Gasteiger partial charge in [-0.05, 0) is 66.6 Å². The third-order valence-corrected chi connectivity index (χ3v) is 8.69. The molecule has 0 bridgehead atoms. The van der Waals surface area contributed by atoms with Crippen LogP contribution >= 0.6 is 0 Å². The lowest BCUT2D eigenvalue weighted by Gasteiger charge is -2.28. The maximum Gasteiger partial charge on any atom is 0.264 e. The second-order valence-corrected chi connectivity index (χ2v) is 12.2. The topological polar surface area (TPSA) is 150 Å². The molecule has 3 amide bonds. The predicted molar refractivity (Wildman–Crippen MR) is 190 cm³/mol. The normalized spacial score (nSPS) is 16.0. The number of hydrogen-bond donors (Lipinski definition) is 4. The highest BCUT2D eigenvalue weighted by Crippen LogP contribution is 2.47. The van der Waals surface area contributed by atoms with Gasteiger partial charge >= 0.3 is 0 Å². The maximum atomic E-state index is 14.3. The van der Waals surface area contributed by atoms with Crippen LogP contribution in [-0.2, 0) is 29.9 Å². The van der Waals surface area contributed by atoms with Crippen molar-refractivity contribution in [3.63, 3.8) is 0 Å². The number of rotatable bonds is 13. The van der Waals surface area contributed by atoms with E-state index in [4.69, 9.17) is 5.11 Å². The molecule has 0 unspecified atom stereocenters. The molecule has 0 fully saturated rings. The number of allylic oxidation sites excluding steroid dienone is 1. The lowest BCUT2D eigenvalue weighted by atomic mass is 9.82. The number of fused-ring (bicyclic) bond motifs is 1. The van der Waals surface area contributed by atoms with E-state index in [1.54, 1.807) is 108 Å². The predicted octanol–water partition coefficient (Wildman–Crippen LogP) is 5.33. The molecule has 11 heteroatoms. The summed E-state index contributed by atoms with van der Waals surface area (Å²) in [5, 5.41) is 35.4. The first kappa shape index (κ1) is 34.0. The quantitative estimate of drug-likeness (QED) is 0.124. The van der Waals surface area contributed by atoms with Gasteiger partial charge in [0.2, 0.25) is 0 Å². The highest BCUT2D eigenvalue weighted by atomic mass is 16.3. The molecule has 0 saturated carbocycles. The zero-order valence-corrected chi connectivity index (χ0v) is 27.6. The van der Waals surface area contributed by atoms with Gasteiger partial charge in [0.15, 0.2) is 5.60 Å². The van der Waals surface area contributed by atoms with Crippen LogP contribution in [0.1, 0.15) is 50.9 Å². The summed E-state index contributed by atoms with van der Waals surface area (Å²) in [4.78, 5) is 41.6. The molecule has 0 radical (unpaired) electrons. The molecule has 4 N–H and O–H groups in total. The van der Waals surface area contributed by atoms with Crippen LogP contribution in [0.2, 0.25) is 0 Å². The number of carbonyl (C=O) groups is 3. The van der Waals surface area contributed by atoms with Gasteiger partial charge in [-0.15, -0.1) is 5.10 Å². The van der Waals surface area contributed by atoms with Gasteiger partial charge in [-0.3, -0.25) is 19.1 Å². The van der Waals surface area contributed by atoms with E-state index in [-0.39, 0.29) is 25.0 Å². The Hall–Kier alpha value is -5.91. The van der Waals surface area contributed by atoms with E-state index in [1.807, 2.05) is 30.4 Å². The Labute approximate surface area is 289 Å². The van der Waals surface area contributed by atoms with Crippen LogP contribution in [0.3, 0.4) is 0 Å². The van der Waals surface area contributed by atoms with Gasteiger partial charge in [0.05, 0.1) is 17.9 Å². The molecule has 254 valence electrons. The highest BCUT2D eigenvalue weighted by molar-refractivity contribution is 6.09. The summed E-state index contributed by atoms with van der Waals surface area (Å²) < 4.78 is 1.69. The molecule has 50 heavy (non-hydrogen) atoms. The summed E-state index contributed by atoms with van der Waals surface area (Å²) in [7, 11) is 0. The van der Waals surface area contributed by atoms with Crippen molar-refractivity contribution in [2.75, 3.05) is 22.1 Å². The number of benzene rings is 4. The molecule has 4 aromatic carbocycles. The summed E-state index contributed by atoms with van der Waals surface area (Å²) in [5.41, 5.74) is 2.44. The van der Waals surface area contributed by atoms with Gasteiger partial charge < -0.3 is 25.7 Å². The minimum Gasteiger partial charge on any atom is -0.396 e. The second kappa shape index (κ2) is 15.1. The molecular weight excluding hydrogens is 632 g/mol. The fourth-order valence-electron chi connectivity index (χ4n) is 6.02. The van der Waals surface area contributed by atoms with Crippen molar-refractivity contribution in [3.05, 3.63) is 149 Å². The first-order chi connectivity index (χ1) is 24.3. The molecule has 5 aromatic rings. The fourth-order valence-corrected chi connectivity index (χ4v) is 6.02. The molecule has 11 nitrogen and oxygen atoms in total. The molecule has 0 spiro atoms. The zero-order valence-electron chi connectivity index (χ0n) is 27.6. The van der Waals surface area contributed by atoms with Gasteiger partial charge in [0.25, 0.3) is 17.7 Å². The molecule has 1 aliphatic rings. The third kappa shape index (κ3) is 7.39. The van der Waals surface area contributed by atoms with Crippen molar-refractivity contribution in [3.8, 4) is 0 Å². The van der Waals surface area contributed by atoms with Crippen LogP contribution in [0.25, 0.3) is 0 Å². The number of aliphatic hydroxyl groups excluding tert-OH is 1. The maximum absolute atomic E-state index is 14.3. The van der Waals surface area contributed by atoms with E-state index < -0.39 is 17.4 Å². The van der Waals surface area contributed by atoms with Crippen LogP contribution in [0.15, 0.2) is 121 Å². The molecule has 0 saturated heterocycles. The van der Waals surface area contributed by atoms with Gasteiger partial charge in [-0.1, -0.05) is 72.8 Å². The average molecular weight is 671 g/mol. The molecule has 1 aromatic heterocycles. The number of hydrogen-bond acceptors (Lipinski definition) is 7. The minimum absolute atomic E-state index is 0.00484. The Morgan fingerprint density at radius 1 is 0.880 bits per heavy atom. The van der Waals surface area contributed by atoms with Crippen LogP contribution in [0, 0.1) is 5.92 Å². The number of aliphatic hydroxyl groups is 2. The van der Waals surface area contributed by atoms with E-state index >= 15 is 0 Å². The van der Waals surface area contributed by atoms with E-state index in [2.05, 4.69) is 20.9 Å². The molecule has 1 aliphatic heterocycles. The SMILES string of the molecule is C[C@H](/C=C/CCn1cc(CCO)nn1)[C@@]1(O)C(=O)N(Cc2cccc(NC(=O)c3ccccc3)c2)c2ccc(NC(=O)c3ccccc3)cc21. The lowest BCUT2D eigenvalue weighted by molar-refractivity contribution is -0.139. The summed E-state index contributed by atoms with van der Waals surface area (Å²) in [6, 6.07) is 30.1. The number of anilines is 3. The number of nitrogens with zero attached hydrogens (tertiary/aromatic N) is 4. The first-order valence-corrected chi connectivity index (χ1v) is 16.4. The monoisotopic (exact) mass is 670 g/mol. The molecule has 6 rings (SSSR count). The van der Waals surface area contributed by atoms with Crippen molar-refractivity contribution in [2.24, 2.45) is 5.92 Å². The molecule has 0 aliphatic carbocycles. The van der Waals surface area contributed by atoms with Gasteiger partial charge in [-0.2, -0.15) is 0 Å². The van der Waals surface area contributed by atoms with Crippen molar-refractivity contribution in [1.29, 1.82) is 0 Å². The molecule has 2 atom stereocenters. The van der Waals surface area contributed by atoms with Crippen molar-refractivity contribution >= 4 is 34.8 Å². The first-order valence-electron chi connectivity index (χ1n) is 16.4. The van der Waals surface area contributed by atoms with E-state index in [1.165, 1.54) is 0 Å². The standard InChI is InChI=1S/C39H38N6O5/c1-27(11-8-9-21-44-26-33(20-22-46)42-43-44)39(50)34-24-32(41-37(48)30-15-6-3-7-16-30)18-19-35(34)45(38(39)49)25-28-12-10-17-31(23-28)40-36(47)29-13-4-2-5-14-29/h2-8,10-19,23-24,26-27,46,50H,9,20-22,25H2,1H3,(H,40,47)(H,41,48)/b11-8+/t27-,39+/m1/s1. The summed E-state index contributed by atoms with van der Waals surface area (Å²) in [5.74, 6) is -1.71. The van der Waals surface area contributed by atoms with Crippen molar-refractivity contribution in [1.82, 2.24) is 15.0 Å². The Kier molecular flexibility index (Phi) is 10.3. The summed E-state index contributed by atoms with van der Waals surface area (Å²) in [6.45, 7) is 2.45. The minimum atomic E-state index is -1.93. The number of carbonyl (C=O) groups excluding carboxylic acids is 3. The van der Waals surface area contributed by atoms with E-state index in [0.29, 0.717) is 58.8 Å². The van der Waals surface area contributed by atoms with Gasteiger partial charge in [-0.25, -0.2) is 0 Å². The number of amides is 3. The van der Waals surface area contributed by atoms with Crippen LogP contribution in [0.4, 0.5) is 17.1 Å². The van der Waals surface area contributed by atoms with Crippen LogP contribution < -0.4 is 15.5 Å². The second-order valence-electron chi connectivity index (χ2n) is 12.2. The molecular formula is C39H38N6O5. The number of aromatic nitrogens is 3. The Morgan fingerprint density at radius 2 is 1.54 bits per heavy atom. The third-order valence-electron chi connectivity index (χ3n) is 8.69. The Bertz CT molecular complexity index is 2010. The Balaban J connectivity index is 1.25. The van der Waals surface area contributed by atoms with Gasteiger partial charge in [0.1, 0.15) is 0 Å². The highest BCUT2D eigenvalue weighted by Gasteiger charge is 2.52. The van der Waals surface area contributed by atoms with Crippen molar-refractivity contribution in [2.45, 2.75) is 38.5 Å². The van der Waals surface area contributed by atoms with E-state index in [9.17, 15) is 19.5 Å². The fraction of sp³-hybridized carbons (Fsp3) is 0.205. The molecule has 2 heterocycles. The largest absolute Gasteiger partial charge is 0.396 e. The lowest BCUT2D eigenvalue weighted by Crippen LogP contribution is -2.44. The smallest absolute Gasteiger partial charge is 0.264 e. The van der Waals surface area contributed by atoms with E-state index in [0.717, 1.165) is 5.56 Å². The summed E-state index contributed by atoms with van der Waals surface area (Å²) in [6.07, 6.45) is 6.49. The summed E-state index contributed by atoms with van der Waals surface area (Å²) >= 11 is 0. The van der Waals surface area contributed by atoms with Crippen LogP contribution in [-0.4, -0.2) is 49.5 Å². The zero-order chi connectivity index (χ0) is 35.1. The average Bonchev–Trinajstić information content (AvgIpc) is 3.67. The Morgan fingerprint density at radius 3 is 2.20 bits per heavy atom. The number of aryl methyl sites for hydroxylation is 1. The van der Waals surface area contributed by atoms with Gasteiger partial charge in [0, 0.05) is 59.8 Å². The van der Waals surface area contributed by atoms with Crippen LogP contribution in [0.5, 0.6) is 0 Å². The number of nitrogens with one attached hydrogen (secondary N) is 2. The van der Waals surface area contributed by atoms with Crippen molar-refractivity contribution < 1.29 is 24.6 Å².